The lowest BCUT2D eigenvalue weighted by Gasteiger charge is -2.38. The molecular weight excluding hydrogens is 432 g/mol. The highest BCUT2D eigenvalue weighted by molar-refractivity contribution is 8.26. The second-order valence-corrected chi connectivity index (χ2v) is 10.1. The first-order valence-electron chi connectivity index (χ1n) is 10.3. The van der Waals surface area contributed by atoms with E-state index in [1.807, 2.05) is 6.07 Å². The number of hydrogen-bond acceptors (Lipinski definition) is 7. The zero-order valence-corrected chi connectivity index (χ0v) is 20.2. The Morgan fingerprint density at radius 2 is 1.94 bits per heavy atom. The minimum atomic E-state index is -0.314. The topological polar surface area (TPSA) is 78.6 Å². The van der Waals surface area contributed by atoms with E-state index < -0.39 is 0 Å². The van der Waals surface area contributed by atoms with Gasteiger partial charge in [0.15, 0.2) is 0 Å². The van der Waals surface area contributed by atoms with Crippen LogP contribution in [0.25, 0.3) is 6.08 Å². The van der Waals surface area contributed by atoms with Crippen molar-refractivity contribution in [3.63, 3.8) is 0 Å². The highest BCUT2D eigenvalue weighted by Gasteiger charge is 2.33. The van der Waals surface area contributed by atoms with Crippen molar-refractivity contribution in [1.82, 2.24) is 9.47 Å². The number of anilines is 1. The maximum absolute atomic E-state index is 13.0. The molecule has 1 aromatic heterocycles. The third-order valence-electron chi connectivity index (χ3n) is 5.80. The highest BCUT2D eigenvalue weighted by Crippen LogP contribution is 2.36. The monoisotopic (exact) mass is 460 g/mol. The minimum Gasteiger partial charge on any atom is -0.383 e. The first-order chi connectivity index (χ1) is 14.7. The van der Waals surface area contributed by atoms with Gasteiger partial charge in [0.05, 0.1) is 18.1 Å². The molecule has 0 spiro atoms. The fourth-order valence-electron chi connectivity index (χ4n) is 4.44. The van der Waals surface area contributed by atoms with Gasteiger partial charge in [-0.3, -0.25) is 19.1 Å². The molecule has 3 rings (SSSR count). The van der Waals surface area contributed by atoms with Crippen LogP contribution in [0.4, 0.5) is 5.82 Å². The number of aromatic nitrogens is 1. The standard InChI is InChI=1S/C22H28N4O3S2/c1-13-8-14(2)12-25(11-13)19-16(15(3)17(10-23)20(27)24(19)4)9-18-21(28)26(6-7-29-5)22(30)31-18/h9,13-14H,6-8,11-12H2,1-5H3/b18-9+. The number of rotatable bonds is 5. The molecule has 2 aliphatic heterocycles. The Morgan fingerprint density at radius 1 is 1.29 bits per heavy atom. The first kappa shape index (κ1) is 23.5. The zero-order valence-electron chi connectivity index (χ0n) is 18.6. The average Bonchev–Trinajstić information content (AvgIpc) is 2.97. The highest BCUT2D eigenvalue weighted by atomic mass is 32.2. The zero-order chi connectivity index (χ0) is 22.9. The van der Waals surface area contributed by atoms with E-state index >= 15 is 0 Å². The molecule has 0 aromatic carbocycles. The molecule has 2 fully saturated rings. The molecule has 0 N–H and O–H groups in total. The summed E-state index contributed by atoms with van der Waals surface area (Å²) in [5.41, 5.74) is 1.11. The molecule has 2 aliphatic rings. The van der Waals surface area contributed by atoms with Crippen molar-refractivity contribution < 1.29 is 9.53 Å². The lowest BCUT2D eigenvalue weighted by atomic mass is 9.91. The number of ether oxygens (including phenoxy) is 1. The van der Waals surface area contributed by atoms with Gasteiger partial charge >= 0.3 is 0 Å². The predicted octanol–water partition coefficient (Wildman–Crippen LogP) is 2.90. The fourth-order valence-corrected chi connectivity index (χ4v) is 5.73. The van der Waals surface area contributed by atoms with Crippen LogP contribution in [0, 0.1) is 30.1 Å². The predicted molar refractivity (Wildman–Crippen MR) is 128 cm³/mol. The van der Waals surface area contributed by atoms with Crippen LogP contribution >= 0.6 is 24.0 Å². The molecule has 1 amide bonds. The number of carbonyl (C=O) groups is 1. The smallest absolute Gasteiger partial charge is 0.270 e. The van der Waals surface area contributed by atoms with Crippen molar-refractivity contribution >= 4 is 46.1 Å². The number of thioether (sulfide) groups is 1. The molecule has 0 radical (unpaired) electrons. The Hall–Kier alpha value is -2.15. The van der Waals surface area contributed by atoms with E-state index in [9.17, 15) is 14.9 Å². The van der Waals surface area contributed by atoms with Crippen LogP contribution < -0.4 is 10.5 Å². The number of thiocarbonyl (C=S) groups is 1. The van der Waals surface area contributed by atoms with E-state index in [1.54, 1.807) is 31.7 Å². The molecule has 2 unspecified atom stereocenters. The number of methoxy groups -OCH3 is 1. The average molecular weight is 461 g/mol. The van der Waals surface area contributed by atoms with E-state index in [4.69, 9.17) is 17.0 Å². The van der Waals surface area contributed by atoms with Gasteiger partial charge in [-0.05, 0) is 36.8 Å². The van der Waals surface area contributed by atoms with Gasteiger partial charge in [0, 0.05) is 32.8 Å². The fraction of sp³-hybridized carbons (Fsp3) is 0.545. The SMILES string of the molecule is COCCN1C(=O)/C(=C\c2c(C)c(C#N)c(=O)n(C)c2N2CC(C)CC(C)C2)SC1=S. The molecule has 2 saturated heterocycles. The lowest BCUT2D eigenvalue weighted by Crippen LogP contribution is -2.42. The van der Waals surface area contributed by atoms with Crippen LogP contribution in [0.1, 0.15) is 37.0 Å². The van der Waals surface area contributed by atoms with E-state index in [-0.39, 0.29) is 17.0 Å². The molecule has 7 nitrogen and oxygen atoms in total. The third kappa shape index (κ3) is 4.56. The van der Waals surface area contributed by atoms with Crippen LogP contribution in [-0.4, -0.2) is 53.0 Å². The largest absolute Gasteiger partial charge is 0.383 e. The normalized spacial score (nSPS) is 23.0. The number of pyridine rings is 1. The number of nitriles is 1. The Balaban J connectivity index is 2.15. The Kier molecular flexibility index (Phi) is 7.24. The summed E-state index contributed by atoms with van der Waals surface area (Å²) in [4.78, 5) is 30.1. The molecular formula is C22H28N4O3S2. The van der Waals surface area contributed by atoms with E-state index in [1.165, 1.54) is 16.7 Å². The van der Waals surface area contributed by atoms with E-state index in [0.29, 0.717) is 39.8 Å². The van der Waals surface area contributed by atoms with Crippen molar-refractivity contribution in [1.29, 1.82) is 5.26 Å². The maximum atomic E-state index is 13.0. The molecule has 31 heavy (non-hydrogen) atoms. The summed E-state index contributed by atoms with van der Waals surface area (Å²) < 4.78 is 7.12. The Morgan fingerprint density at radius 3 is 2.52 bits per heavy atom. The first-order valence-corrected chi connectivity index (χ1v) is 11.5. The van der Waals surface area contributed by atoms with Crippen LogP contribution in [0.5, 0.6) is 0 Å². The molecule has 1 aromatic rings. The second kappa shape index (κ2) is 9.55. The Bertz CT molecular complexity index is 1030. The summed E-state index contributed by atoms with van der Waals surface area (Å²) in [5.74, 6) is 1.54. The lowest BCUT2D eigenvalue weighted by molar-refractivity contribution is -0.122. The van der Waals surface area contributed by atoms with Crippen LogP contribution in [0.2, 0.25) is 0 Å². The van der Waals surface area contributed by atoms with Crippen molar-refractivity contribution in [2.75, 3.05) is 38.3 Å². The number of piperidine rings is 1. The molecule has 3 heterocycles. The number of nitrogens with zero attached hydrogens (tertiary/aromatic N) is 4. The quantitative estimate of drug-likeness (QED) is 0.494. The molecule has 0 saturated carbocycles. The van der Waals surface area contributed by atoms with E-state index in [0.717, 1.165) is 30.9 Å². The number of hydrogen-bond donors (Lipinski definition) is 0. The van der Waals surface area contributed by atoms with Crippen LogP contribution in [-0.2, 0) is 16.6 Å². The van der Waals surface area contributed by atoms with Gasteiger partial charge in [0.25, 0.3) is 11.5 Å². The van der Waals surface area contributed by atoms with Crippen LogP contribution in [0.15, 0.2) is 9.70 Å². The summed E-state index contributed by atoms with van der Waals surface area (Å²) in [6, 6.07) is 2.05. The Labute approximate surface area is 192 Å². The van der Waals surface area contributed by atoms with Gasteiger partial charge in [0.1, 0.15) is 21.8 Å². The minimum absolute atomic E-state index is 0.102. The molecule has 9 heteroatoms. The van der Waals surface area contributed by atoms with Crippen molar-refractivity contribution in [3.8, 4) is 6.07 Å². The molecule has 2 atom stereocenters. The molecule has 0 bridgehead atoms. The summed E-state index contributed by atoms with van der Waals surface area (Å²) in [6.07, 6.45) is 2.92. The maximum Gasteiger partial charge on any atom is 0.270 e. The van der Waals surface area contributed by atoms with Gasteiger partial charge in [-0.15, -0.1) is 0 Å². The van der Waals surface area contributed by atoms with Crippen molar-refractivity contribution in [2.24, 2.45) is 18.9 Å². The molecule has 0 aliphatic carbocycles. The van der Waals surface area contributed by atoms with E-state index in [2.05, 4.69) is 18.7 Å². The van der Waals surface area contributed by atoms with Gasteiger partial charge in [-0.2, -0.15) is 5.26 Å². The molecule has 166 valence electrons. The third-order valence-corrected chi connectivity index (χ3v) is 7.18. The summed E-state index contributed by atoms with van der Waals surface area (Å²) >= 11 is 6.64. The van der Waals surface area contributed by atoms with Crippen molar-refractivity contribution in [3.05, 3.63) is 31.9 Å². The number of amides is 1. The van der Waals surface area contributed by atoms with Gasteiger partial charge in [-0.1, -0.05) is 37.8 Å². The second-order valence-electron chi connectivity index (χ2n) is 8.39. The van der Waals surface area contributed by atoms with Gasteiger partial charge < -0.3 is 9.64 Å². The van der Waals surface area contributed by atoms with Gasteiger partial charge in [0.2, 0.25) is 0 Å². The van der Waals surface area contributed by atoms with Crippen molar-refractivity contribution in [2.45, 2.75) is 27.2 Å². The number of carbonyl (C=O) groups excluding carboxylic acids is 1. The van der Waals surface area contributed by atoms with Gasteiger partial charge in [-0.25, -0.2) is 0 Å². The summed E-state index contributed by atoms with van der Waals surface area (Å²) in [5, 5.41) is 9.61. The summed E-state index contributed by atoms with van der Waals surface area (Å²) in [7, 11) is 3.28. The van der Waals surface area contributed by atoms with Crippen LogP contribution in [0.3, 0.4) is 0 Å². The summed E-state index contributed by atoms with van der Waals surface area (Å²) in [6.45, 7) is 8.61.